The standard InChI is InChI=1S/C18H13Cl2N3O4S.C18H12Cl2N2O5S/c19-11-1-4-15(5-2-11)28(25,26)23-13-3-6-17(16(8-13)18(21)24)27-14-7-12(20)9-22-10-14;19-11-1-4-15(5-2-11)28(25,26)22-13-3-6-17(16(8-13)18(23)24)27-14-7-12(20)9-21-10-14/h1-10,23H,(H2,21,24);1-10,22H,(H,23,24). The number of hydrogen-bond acceptors (Lipinski definition) is 10. The first-order chi connectivity index (χ1) is 26.5. The lowest BCUT2D eigenvalue weighted by Gasteiger charge is -2.13. The Labute approximate surface area is 339 Å². The van der Waals surface area contributed by atoms with Gasteiger partial charge in [-0.1, -0.05) is 46.4 Å². The van der Waals surface area contributed by atoms with Gasteiger partial charge in [-0.25, -0.2) is 21.6 Å². The van der Waals surface area contributed by atoms with Crippen LogP contribution < -0.4 is 24.7 Å². The number of aromatic nitrogens is 2. The third kappa shape index (κ3) is 11.2. The number of sulfonamides is 2. The van der Waals surface area contributed by atoms with Crippen molar-refractivity contribution in [3.63, 3.8) is 0 Å². The van der Waals surface area contributed by atoms with Crippen LogP contribution in [0.5, 0.6) is 23.0 Å². The fourth-order valence-corrected chi connectivity index (χ4v) is 7.21. The molecule has 0 aliphatic carbocycles. The van der Waals surface area contributed by atoms with Gasteiger partial charge in [0.15, 0.2) is 0 Å². The third-order valence-corrected chi connectivity index (χ3v) is 10.7. The molecule has 20 heteroatoms. The first-order valence-corrected chi connectivity index (χ1v) is 19.9. The molecule has 0 unspecified atom stereocenters. The minimum Gasteiger partial charge on any atom is -0.478 e. The number of anilines is 2. The van der Waals surface area contributed by atoms with Crippen molar-refractivity contribution in [3.8, 4) is 23.0 Å². The maximum atomic E-state index is 12.5. The summed E-state index contributed by atoms with van der Waals surface area (Å²) < 4.78 is 65.7. The lowest BCUT2D eigenvalue weighted by Crippen LogP contribution is -2.15. The topological polar surface area (TPSA) is 217 Å². The van der Waals surface area contributed by atoms with E-state index in [4.69, 9.17) is 61.6 Å². The fraction of sp³-hybridized carbons (Fsp3) is 0. The second kappa shape index (κ2) is 17.9. The molecule has 0 saturated heterocycles. The number of primary amides is 1. The van der Waals surface area contributed by atoms with Crippen LogP contribution in [0.1, 0.15) is 20.7 Å². The van der Waals surface area contributed by atoms with Gasteiger partial charge >= 0.3 is 5.97 Å². The SMILES string of the molecule is NC(=O)c1cc(NS(=O)(=O)c2ccc(Cl)cc2)ccc1Oc1cncc(Cl)c1.O=C(O)c1cc(NS(=O)(=O)c2ccc(Cl)cc2)ccc1Oc1cncc(Cl)c1. The Morgan fingerprint density at radius 3 is 1.32 bits per heavy atom. The molecule has 5 N–H and O–H groups in total. The summed E-state index contributed by atoms with van der Waals surface area (Å²) in [6.45, 7) is 0. The highest BCUT2D eigenvalue weighted by Gasteiger charge is 2.20. The highest BCUT2D eigenvalue weighted by molar-refractivity contribution is 7.93. The van der Waals surface area contributed by atoms with Crippen LogP contribution in [0.15, 0.2) is 132 Å². The molecule has 56 heavy (non-hydrogen) atoms. The van der Waals surface area contributed by atoms with Crippen molar-refractivity contribution >= 4 is 89.7 Å². The lowest BCUT2D eigenvalue weighted by molar-refractivity contribution is 0.0693. The molecule has 288 valence electrons. The normalized spacial score (nSPS) is 11.1. The number of carbonyl (C=O) groups excluding carboxylic acids is 1. The lowest BCUT2D eigenvalue weighted by atomic mass is 10.1. The number of nitrogens with zero attached hydrogens (tertiary/aromatic N) is 2. The number of halogens is 4. The van der Waals surface area contributed by atoms with E-state index >= 15 is 0 Å². The van der Waals surface area contributed by atoms with E-state index in [-0.39, 0.29) is 49.5 Å². The summed E-state index contributed by atoms with van der Waals surface area (Å²) in [6, 6.07) is 22.2. The van der Waals surface area contributed by atoms with E-state index < -0.39 is 31.9 Å². The van der Waals surface area contributed by atoms with Crippen molar-refractivity contribution in [1.82, 2.24) is 9.97 Å². The van der Waals surface area contributed by atoms with E-state index in [9.17, 15) is 31.5 Å². The number of carboxylic acid groups (broad SMARTS) is 1. The van der Waals surface area contributed by atoms with Crippen molar-refractivity contribution in [1.29, 1.82) is 0 Å². The van der Waals surface area contributed by atoms with E-state index in [0.717, 1.165) is 6.07 Å². The van der Waals surface area contributed by atoms with Crippen molar-refractivity contribution in [2.75, 3.05) is 9.44 Å². The molecule has 2 aromatic heterocycles. The largest absolute Gasteiger partial charge is 0.478 e. The summed E-state index contributed by atoms with van der Waals surface area (Å²) >= 11 is 23.2. The first-order valence-electron chi connectivity index (χ1n) is 15.4. The van der Waals surface area contributed by atoms with Crippen molar-refractivity contribution in [2.24, 2.45) is 5.73 Å². The van der Waals surface area contributed by atoms with Gasteiger partial charge in [-0.2, -0.15) is 0 Å². The van der Waals surface area contributed by atoms with Crippen LogP contribution in [-0.4, -0.2) is 43.8 Å². The quantitative estimate of drug-likeness (QED) is 0.0911. The molecule has 14 nitrogen and oxygen atoms in total. The minimum absolute atomic E-state index is 0.00556. The number of nitrogens with one attached hydrogen (secondary N) is 2. The summed E-state index contributed by atoms with van der Waals surface area (Å²) in [6.07, 6.45) is 5.61. The van der Waals surface area contributed by atoms with Crippen LogP contribution in [0, 0.1) is 0 Å². The van der Waals surface area contributed by atoms with Crippen LogP contribution >= 0.6 is 46.4 Å². The molecule has 0 saturated carbocycles. The molecule has 0 aliphatic heterocycles. The second-order valence-electron chi connectivity index (χ2n) is 11.1. The van der Waals surface area contributed by atoms with Gasteiger partial charge in [0.1, 0.15) is 28.6 Å². The molecule has 0 bridgehead atoms. The highest BCUT2D eigenvalue weighted by Crippen LogP contribution is 2.31. The molecule has 0 fully saturated rings. The minimum atomic E-state index is -3.92. The number of benzene rings is 4. The van der Waals surface area contributed by atoms with Crippen LogP contribution in [0.25, 0.3) is 0 Å². The smallest absolute Gasteiger partial charge is 0.339 e. The van der Waals surface area contributed by atoms with Crippen molar-refractivity contribution < 1.29 is 41.0 Å². The average Bonchev–Trinajstić information content (AvgIpc) is 3.13. The Bertz CT molecular complexity index is 2450. The molecule has 0 spiro atoms. The van der Waals surface area contributed by atoms with Crippen molar-refractivity contribution in [3.05, 3.63) is 153 Å². The average molecular weight is 878 g/mol. The molecule has 1 amide bonds. The summed E-state index contributed by atoms with van der Waals surface area (Å²) in [4.78, 5) is 31.1. The molecule has 6 rings (SSSR count). The summed E-state index contributed by atoms with van der Waals surface area (Å²) in [5.74, 6) is -1.42. The predicted molar refractivity (Wildman–Crippen MR) is 212 cm³/mol. The van der Waals surface area contributed by atoms with Gasteiger partial charge in [-0.05, 0) is 84.9 Å². The van der Waals surface area contributed by atoms with Gasteiger partial charge in [0.25, 0.3) is 26.0 Å². The van der Waals surface area contributed by atoms with Gasteiger partial charge in [-0.15, -0.1) is 0 Å². The molecule has 4 aromatic carbocycles. The molecule has 6 aromatic rings. The summed E-state index contributed by atoms with van der Waals surface area (Å²) in [7, 11) is -7.80. The Morgan fingerprint density at radius 1 is 0.554 bits per heavy atom. The fourth-order valence-electron chi connectivity index (χ4n) is 4.53. The zero-order valence-corrected chi connectivity index (χ0v) is 32.7. The number of pyridine rings is 2. The Hall–Kier alpha value is -5.62. The Morgan fingerprint density at radius 2 is 0.946 bits per heavy atom. The van der Waals surface area contributed by atoms with Crippen LogP contribution in [-0.2, 0) is 20.0 Å². The molecule has 2 heterocycles. The number of amides is 1. The zero-order chi connectivity index (χ0) is 40.6. The summed E-state index contributed by atoms with van der Waals surface area (Å²) in [5.41, 5.74) is 5.35. The number of aromatic carboxylic acids is 1. The van der Waals surface area contributed by atoms with Gasteiger partial charge in [0.2, 0.25) is 0 Å². The molecule has 0 radical (unpaired) electrons. The monoisotopic (exact) mass is 875 g/mol. The van der Waals surface area contributed by atoms with Crippen LogP contribution in [0.4, 0.5) is 11.4 Å². The van der Waals surface area contributed by atoms with Gasteiger partial charge in [0, 0.05) is 45.9 Å². The highest BCUT2D eigenvalue weighted by atomic mass is 35.5. The van der Waals surface area contributed by atoms with Crippen LogP contribution in [0.2, 0.25) is 20.1 Å². The number of carboxylic acids is 1. The number of ether oxygens (including phenoxy) is 2. The Kier molecular flexibility index (Phi) is 13.3. The van der Waals surface area contributed by atoms with Crippen molar-refractivity contribution in [2.45, 2.75) is 9.79 Å². The van der Waals surface area contributed by atoms with E-state index in [1.165, 1.54) is 116 Å². The third-order valence-electron chi connectivity index (χ3n) is 7.02. The predicted octanol–water partition coefficient (Wildman–Crippen LogP) is 8.76. The Balaban J connectivity index is 0.000000214. The van der Waals surface area contributed by atoms with Gasteiger partial charge in [0.05, 0.1) is 37.8 Å². The molecular formula is C36H25Cl4N5O9S2. The first kappa shape index (κ1) is 41.5. The number of hydrogen-bond donors (Lipinski definition) is 4. The van der Waals surface area contributed by atoms with E-state index in [1.807, 2.05) is 0 Å². The molecule has 0 atom stereocenters. The number of carbonyl (C=O) groups is 2. The molecular weight excluding hydrogens is 852 g/mol. The number of nitrogens with two attached hydrogens (primary N) is 1. The van der Waals surface area contributed by atoms with E-state index in [0.29, 0.717) is 25.8 Å². The second-order valence-corrected chi connectivity index (χ2v) is 16.2. The summed E-state index contributed by atoms with van der Waals surface area (Å²) in [5, 5.41) is 10.9. The zero-order valence-electron chi connectivity index (χ0n) is 28.1. The molecule has 0 aliphatic rings. The number of rotatable bonds is 12. The van der Waals surface area contributed by atoms with E-state index in [2.05, 4.69) is 19.4 Å². The van der Waals surface area contributed by atoms with Crippen LogP contribution in [0.3, 0.4) is 0 Å². The van der Waals surface area contributed by atoms with Gasteiger partial charge < -0.3 is 20.3 Å². The van der Waals surface area contributed by atoms with E-state index in [1.54, 1.807) is 0 Å². The maximum absolute atomic E-state index is 12.5. The maximum Gasteiger partial charge on any atom is 0.339 e. The van der Waals surface area contributed by atoms with Gasteiger partial charge in [-0.3, -0.25) is 24.2 Å².